The monoisotopic (exact) mass is 394 g/mol. The second kappa shape index (κ2) is 6.90. The van der Waals surface area contributed by atoms with Gasteiger partial charge in [0.1, 0.15) is 0 Å². The quantitative estimate of drug-likeness (QED) is 0.391. The molecule has 0 saturated heterocycles. The summed E-state index contributed by atoms with van der Waals surface area (Å²) in [4.78, 5) is 40.5. The number of imidazole rings is 1. The van der Waals surface area contributed by atoms with E-state index in [9.17, 15) is 14.4 Å². The van der Waals surface area contributed by atoms with E-state index in [1.807, 2.05) is 24.3 Å². The Morgan fingerprint density at radius 1 is 1.04 bits per heavy atom. The van der Waals surface area contributed by atoms with Crippen molar-refractivity contribution in [1.29, 1.82) is 0 Å². The van der Waals surface area contributed by atoms with Gasteiger partial charge in [-0.2, -0.15) is 0 Å². The summed E-state index contributed by atoms with van der Waals surface area (Å²) in [6.45, 7) is 2.51. The first-order chi connectivity index (χ1) is 13.4. The van der Waals surface area contributed by atoms with Gasteiger partial charge in [-0.15, -0.1) is 0 Å². The number of hydrogen-bond donors (Lipinski definition) is 0. The van der Waals surface area contributed by atoms with E-state index in [4.69, 9.17) is 9.47 Å². The zero-order valence-electron chi connectivity index (χ0n) is 15.0. The van der Waals surface area contributed by atoms with Gasteiger partial charge in [0.15, 0.2) is 16.5 Å². The summed E-state index contributed by atoms with van der Waals surface area (Å²) >= 11 is 1.27. The van der Waals surface area contributed by atoms with Crippen LogP contribution in [0.15, 0.2) is 47.3 Å². The van der Waals surface area contributed by atoms with E-state index in [1.54, 1.807) is 22.6 Å². The maximum atomic E-state index is 12.8. The molecule has 0 amide bonds. The second-order valence-electron chi connectivity index (χ2n) is 6.03. The average Bonchev–Trinajstić information content (AvgIpc) is 3.13. The van der Waals surface area contributed by atoms with Crippen molar-refractivity contribution in [1.82, 2.24) is 9.38 Å². The number of hydrogen-bond acceptors (Lipinski definition) is 7. The summed E-state index contributed by atoms with van der Waals surface area (Å²) in [6, 6.07) is 12.2. The lowest BCUT2D eigenvalue weighted by molar-refractivity contribution is -0.134. The molecule has 28 heavy (non-hydrogen) atoms. The lowest BCUT2D eigenvalue weighted by Gasteiger charge is -2.09. The lowest BCUT2D eigenvalue weighted by Crippen LogP contribution is -2.22. The van der Waals surface area contributed by atoms with Crippen LogP contribution in [0.2, 0.25) is 0 Å². The molecule has 0 spiro atoms. The van der Waals surface area contributed by atoms with Crippen LogP contribution < -0.4 is 19.6 Å². The van der Waals surface area contributed by atoms with E-state index >= 15 is 0 Å². The molecular formula is C20H14N2O5S. The Kier molecular flexibility index (Phi) is 4.40. The van der Waals surface area contributed by atoms with E-state index in [-0.39, 0.29) is 17.1 Å². The van der Waals surface area contributed by atoms with Gasteiger partial charge in [-0.05, 0) is 35.9 Å². The lowest BCUT2D eigenvalue weighted by atomic mass is 10.2. The van der Waals surface area contributed by atoms with Gasteiger partial charge in [-0.1, -0.05) is 29.5 Å². The minimum atomic E-state index is -0.545. The first kappa shape index (κ1) is 17.9. The highest BCUT2D eigenvalue weighted by Gasteiger charge is 2.13. The molecule has 0 bridgehead atoms. The van der Waals surface area contributed by atoms with Crippen LogP contribution in [0.4, 0.5) is 0 Å². The van der Waals surface area contributed by atoms with Gasteiger partial charge >= 0.3 is 11.9 Å². The number of para-hydroxylation sites is 2. The Hall–Kier alpha value is -3.52. The Morgan fingerprint density at radius 3 is 2.50 bits per heavy atom. The van der Waals surface area contributed by atoms with E-state index < -0.39 is 11.9 Å². The Bertz CT molecular complexity index is 1350. The fourth-order valence-corrected chi connectivity index (χ4v) is 3.84. The topological polar surface area (TPSA) is 87.0 Å². The first-order valence-electron chi connectivity index (χ1n) is 8.35. The van der Waals surface area contributed by atoms with Gasteiger partial charge < -0.3 is 9.47 Å². The zero-order chi connectivity index (χ0) is 19.8. The third-order valence-corrected chi connectivity index (χ3v) is 4.89. The standard InChI is InChI=1S/C20H14N2O5S/c1-11(23)26-16-8-7-13(9-17(16)27-12(2)24)10-18-19(25)22-15-6-4-3-5-14(15)21-20(22)28-18/h3-10H,1-2H3/b18-10-. The molecule has 0 atom stereocenters. The summed E-state index contributed by atoms with van der Waals surface area (Å²) in [5.74, 6) is -0.834. The molecule has 0 aliphatic heterocycles. The maximum absolute atomic E-state index is 12.8. The van der Waals surface area contributed by atoms with Gasteiger partial charge in [0.2, 0.25) is 0 Å². The summed E-state index contributed by atoms with van der Waals surface area (Å²) < 4.78 is 12.2. The molecule has 4 rings (SSSR count). The number of rotatable bonds is 3. The molecule has 2 aromatic carbocycles. The van der Waals surface area contributed by atoms with Crippen LogP contribution in [-0.4, -0.2) is 21.3 Å². The number of fused-ring (bicyclic) bond motifs is 3. The Morgan fingerprint density at radius 2 is 1.75 bits per heavy atom. The fourth-order valence-electron chi connectivity index (χ4n) is 2.85. The van der Waals surface area contributed by atoms with E-state index in [0.717, 1.165) is 11.0 Å². The third-order valence-electron chi connectivity index (χ3n) is 3.92. The molecule has 0 radical (unpaired) electrons. The van der Waals surface area contributed by atoms with Crippen LogP contribution in [-0.2, 0) is 9.59 Å². The molecule has 0 unspecified atom stereocenters. The molecule has 0 N–H and O–H groups in total. The van der Waals surface area contributed by atoms with E-state index in [2.05, 4.69) is 4.98 Å². The molecule has 0 aliphatic carbocycles. The van der Waals surface area contributed by atoms with Crippen molar-refractivity contribution in [3.8, 4) is 11.5 Å². The van der Waals surface area contributed by atoms with Crippen molar-refractivity contribution >= 4 is 45.3 Å². The fraction of sp³-hybridized carbons (Fsp3) is 0.100. The van der Waals surface area contributed by atoms with Crippen LogP contribution in [0, 0.1) is 0 Å². The number of esters is 2. The normalized spacial score (nSPS) is 11.9. The number of ether oxygens (including phenoxy) is 2. The highest BCUT2D eigenvalue weighted by Crippen LogP contribution is 2.29. The summed E-state index contributed by atoms with van der Waals surface area (Å²) in [5.41, 5.74) is 1.97. The van der Waals surface area contributed by atoms with Crippen LogP contribution >= 0.6 is 11.3 Å². The molecular weight excluding hydrogens is 380 g/mol. The van der Waals surface area contributed by atoms with Gasteiger partial charge in [-0.25, -0.2) is 9.38 Å². The summed E-state index contributed by atoms with van der Waals surface area (Å²) in [7, 11) is 0. The zero-order valence-corrected chi connectivity index (χ0v) is 15.8. The molecule has 8 heteroatoms. The SMILES string of the molecule is CC(=O)Oc1ccc(/C=c2\sc3nc4ccccc4n3c2=O)cc1OC(C)=O. The number of thiazole rings is 1. The van der Waals surface area contributed by atoms with Gasteiger partial charge in [0.05, 0.1) is 15.6 Å². The molecule has 4 aromatic rings. The molecule has 7 nitrogen and oxygen atoms in total. The molecule has 0 saturated carbocycles. The van der Waals surface area contributed by atoms with Crippen LogP contribution in [0.3, 0.4) is 0 Å². The van der Waals surface area contributed by atoms with Crippen molar-refractivity contribution in [3.05, 3.63) is 62.9 Å². The number of aromatic nitrogens is 2. The van der Waals surface area contributed by atoms with Crippen LogP contribution in [0.25, 0.3) is 22.1 Å². The van der Waals surface area contributed by atoms with Crippen molar-refractivity contribution in [2.45, 2.75) is 13.8 Å². The third kappa shape index (κ3) is 3.25. The van der Waals surface area contributed by atoms with Crippen molar-refractivity contribution in [2.24, 2.45) is 0 Å². The first-order valence-corrected chi connectivity index (χ1v) is 9.16. The van der Waals surface area contributed by atoms with Crippen molar-refractivity contribution in [3.63, 3.8) is 0 Å². The molecule has 2 heterocycles. The summed E-state index contributed by atoms with van der Waals surface area (Å²) in [6.07, 6.45) is 1.68. The highest BCUT2D eigenvalue weighted by atomic mass is 32.1. The number of nitrogens with zero attached hydrogens (tertiary/aromatic N) is 2. The Labute approximate surface area is 162 Å². The minimum Gasteiger partial charge on any atom is -0.423 e. The number of carbonyl (C=O) groups is 2. The summed E-state index contributed by atoms with van der Waals surface area (Å²) in [5, 5.41) is 0. The number of carbonyl (C=O) groups excluding carboxylic acids is 2. The van der Waals surface area contributed by atoms with Crippen LogP contribution in [0.1, 0.15) is 19.4 Å². The predicted octanol–water partition coefficient (Wildman–Crippen LogP) is 2.31. The smallest absolute Gasteiger partial charge is 0.308 e. The average molecular weight is 394 g/mol. The van der Waals surface area contributed by atoms with Gasteiger partial charge in [-0.3, -0.25) is 14.4 Å². The number of benzene rings is 2. The molecule has 2 aromatic heterocycles. The molecule has 140 valence electrons. The van der Waals surface area contributed by atoms with E-state index in [1.165, 1.54) is 31.3 Å². The highest BCUT2D eigenvalue weighted by molar-refractivity contribution is 7.15. The van der Waals surface area contributed by atoms with Crippen molar-refractivity contribution < 1.29 is 19.1 Å². The Balaban J connectivity index is 1.84. The van der Waals surface area contributed by atoms with Gasteiger partial charge in [0.25, 0.3) is 5.56 Å². The molecule has 0 aliphatic rings. The molecule has 0 fully saturated rings. The van der Waals surface area contributed by atoms with E-state index in [0.29, 0.717) is 15.1 Å². The largest absolute Gasteiger partial charge is 0.423 e. The second-order valence-corrected chi connectivity index (χ2v) is 7.04. The maximum Gasteiger partial charge on any atom is 0.308 e. The van der Waals surface area contributed by atoms with Gasteiger partial charge in [0, 0.05) is 13.8 Å². The van der Waals surface area contributed by atoms with Crippen molar-refractivity contribution in [2.75, 3.05) is 0 Å². The van der Waals surface area contributed by atoms with Crippen LogP contribution in [0.5, 0.6) is 11.5 Å². The predicted molar refractivity (Wildman–Crippen MR) is 105 cm³/mol. The minimum absolute atomic E-state index is 0.107.